The zero-order valence-electron chi connectivity index (χ0n) is 11.4. The molecule has 0 aliphatic heterocycles. The average molecular weight is 294 g/mol. The van der Waals surface area contributed by atoms with Crippen LogP contribution in [0.4, 0.5) is 0 Å². The Bertz CT molecular complexity index is 627. The minimum absolute atomic E-state index is 0.157. The van der Waals surface area contributed by atoms with Gasteiger partial charge in [0.1, 0.15) is 11.5 Å². The summed E-state index contributed by atoms with van der Waals surface area (Å²) in [5.41, 5.74) is 0.489. The summed E-state index contributed by atoms with van der Waals surface area (Å²) >= 11 is 0. The highest BCUT2D eigenvalue weighted by Crippen LogP contribution is 2.31. The zero-order valence-corrected chi connectivity index (χ0v) is 12.2. The lowest BCUT2D eigenvalue weighted by molar-refractivity contribution is 0.350. The Morgan fingerprint density at radius 2 is 2.20 bits per heavy atom. The number of aromatic nitrogens is 1. The van der Waals surface area contributed by atoms with E-state index in [4.69, 9.17) is 5.11 Å². The maximum absolute atomic E-state index is 12.5. The van der Waals surface area contributed by atoms with Crippen LogP contribution >= 0.6 is 0 Å². The summed E-state index contributed by atoms with van der Waals surface area (Å²) in [6.07, 6.45) is 5.03. The molecular weight excluding hydrogens is 276 g/mol. The summed E-state index contributed by atoms with van der Waals surface area (Å²) in [7, 11) is -3.51. The number of aliphatic hydroxyl groups excluding tert-OH is 1. The molecule has 1 N–H and O–H groups in total. The summed E-state index contributed by atoms with van der Waals surface area (Å²) in [6, 6.07) is 1.50. The Balaban J connectivity index is 2.27. The first-order chi connectivity index (χ1) is 9.57. The van der Waals surface area contributed by atoms with Crippen molar-refractivity contribution in [3.05, 3.63) is 24.0 Å². The molecule has 0 spiro atoms. The van der Waals surface area contributed by atoms with Gasteiger partial charge in [0, 0.05) is 31.0 Å². The molecule has 1 fully saturated rings. The van der Waals surface area contributed by atoms with Gasteiger partial charge in [0.2, 0.25) is 10.0 Å². The first kappa shape index (κ1) is 15.0. The molecule has 0 unspecified atom stereocenters. The molecule has 0 amide bonds. The molecule has 20 heavy (non-hydrogen) atoms. The van der Waals surface area contributed by atoms with Crippen molar-refractivity contribution >= 4 is 10.0 Å². The minimum Gasteiger partial charge on any atom is -0.384 e. The fourth-order valence-corrected chi connectivity index (χ4v) is 3.42. The molecule has 0 saturated heterocycles. The highest BCUT2D eigenvalue weighted by Gasteiger charge is 2.30. The topological polar surface area (TPSA) is 70.5 Å². The van der Waals surface area contributed by atoms with Crippen molar-refractivity contribution in [2.75, 3.05) is 19.7 Å². The summed E-state index contributed by atoms with van der Waals surface area (Å²) in [5, 5.41) is 8.67. The van der Waals surface area contributed by atoms with Crippen LogP contribution in [-0.2, 0) is 10.0 Å². The minimum atomic E-state index is -3.51. The number of sulfonamides is 1. The fourth-order valence-electron chi connectivity index (χ4n) is 1.90. The van der Waals surface area contributed by atoms with Crippen molar-refractivity contribution in [2.45, 2.75) is 24.7 Å². The fraction of sp³-hybridized carbons (Fsp3) is 0.500. The highest BCUT2D eigenvalue weighted by molar-refractivity contribution is 7.89. The molecule has 0 radical (unpaired) electrons. The van der Waals surface area contributed by atoms with E-state index in [0.29, 0.717) is 24.6 Å². The Labute approximate surface area is 119 Å². The molecule has 1 aromatic rings. The van der Waals surface area contributed by atoms with Crippen LogP contribution < -0.4 is 0 Å². The largest absolute Gasteiger partial charge is 0.384 e. The SMILES string of the molecule is CCN(CC1CC1)S(=O)(=O)c1cncc(C#CCO)c1. The number of pyridine rings is 1. The summed E-state index contributed by atoms with van der Waals surface area (Å²) in [4.78, 5) is 4.08. The molecule has 5 nitrogen and oxygen atoms in total. The van der Waals surface area contributed by atoms with E-state index in [0.717, 1.165) is 12.8 Å². The molecule has 1 aliphatic rings. The van der Waals surface area contributed by atoms with Crippen LogP contribution in [0.5, 0.6) is 0 Å². The van der Waals surface area contributed by atoms with Crippen LogP contribution in [0.15, 0.2) is 23.4 Å². The molecular formula is C14H18N2O3S. The third-order valence-electron chi connectivity index (χ3n) is 3.17. The van der Waals surface area contributed by atoms with Gasteiger partial charge in [-0.15, -0.1) is 0 Å². The van der Waals surface area contributed by atoms with Gasteiger partial charge in [-0.05, 0) is 24.8 Å². The van der Waals surface area contributed by atoms with E-state index < -0.39 is 10.0 Å². The van der Waals surface area contributed by atoms with Crippen LogP contribution in [0, 0.1) is 17.8 Å². The zero-order chi connectivity index (χ0) is 14.6. The van der Waals surface area contributed by atoms with Crippen molar-refractivity contribution in [1.29, 1.82) is 0 Å². The van der Waals surface area contributed by atoms with E-state index in [1.54, 1.807) is 0 Å². The van der Waals surface area contributed by atoms with E-state index in [-0.39, 0.29) is 11.5 Å². The standard InChI is InChI=1S/C14H18N2O3S/c1-2-16(11-12-5-6-12)20(18,19)14-8-13(4-3-7-17)9-15-10-14/h8-10,12,17H,2,5-7,11H2,1H3. The first-order valence-electron chi connectivity index (χ1n) is 6.63. The summed E-state index contributed by atoms with van der Waals surface area (Å²) < 4.78 is 26.6. The molecule has 1 heterocycles. The van der Waals surface area contributed by atoms with Gasteiger partial charge >= 0.3 is 0 Å². The number of hydrogen-bond acceptors (Lipinski definition) is 4. The second-order valence-corrected chi connectivity index (χ2v) is 6.71. The van der Waals surface area contributed by atoms with Gasteiger partial charge in [-0.3, -0.25) is 4.98 Å². The first-order valence-corrected chi connectivity index (χ1v) is 8.07. The van der Waals surface area contributed by atoms with E-state index in [2.05, 4.69) is 16.8 Å². The van der Waals surface area contributed by atoms with Crippen molar-refractivity contribution in [3.63, 3.8) is 0 Å². The molecule has 0 bridgehead atoms. The van der Waals surface area contributed by atoms with Gasteiger partial charge in [0.25, 0.3) is 0 Å². The lowest BCUT2D eigenvalue weighted by atomic mass is 10.3. The van der Waals surface area contributed by atoms with Gasteiger partial charge < -0.3 is 5.11 Å². The second kappa shape index (κ2) is 6.35. The van der Waals surface area contributed by atoms with Crippen LogP contribution in [0.1, 0.15) is 25.3 Å². The molecule has 108 valence electrons. The third-order valence-corrected chi connectivity index (χ3v) is 5.08. The second-order valence-electron chi connectivity index (χ2n) is 4.77. The van der Waals surface area contributed by atoms with Gasteiger partial charge in [-0.25, -0.2) is 8.42 Å². The number of rotatable bonds is 5. The van der Waals surface area contributed by atoms with E-state index in [9.17, 15) is 8.42 Å². The normalized spacial score (nSPS) is 14.9. The average Bonchev–Trinajstić information content (AvgIpc) is 3.26. The van der Waals surface area contributed by atoms with E-state index >= 15 is 0 Å². The van der Waals surface area contributed by atoms with Crippen LogP contribution in [0.2, 0.25) is 0 Å². The monoisotopic (exact) mass is 294 g/mol. The number of aliphatic hydroxyl groups is 1. The van der Waals surface area contributed by atoms with E-state index in [1.807, 2.05) is 6.92 Å². The summed E-state index contributed by atoms with van der Waals surface area (Å²) in [6.45, 7) is 2.60. The predicted molar refractivity (Wildman–Crippen MR) is 75.4 cm³/mol. The van der Waals surface area contributed by atoms with Gasteiger partial charge in [0.05, 0.1) is 0 Å². The molecule has 6 heteroatoms. The van der Waals surface area contributed by atoms with Gasteiger partial charge in [-0.1, -0.05) is 18.8 Å². The highest BCUT2D eigenvalue weighted by atomic mass is 32.2. The lowest BCUT2D eigenvalue weighted by Gasteiger charge is -2.20. The maximum Gasteiger partial charge on any atom is 0.244 e. The molecule has 2 rings (SSSR count). The Hall–Kier alpha value is -1.42. The maximum atomic E-state index is 12.5. The predicted octanol–water partition coefficient (Wildman–Crippen LogP) is 0.846. The van der Waals surface area contributed by atoms with Crippen molar-refractivity contribution in [1.82, 2.24) is 9.29 Å². The number of nitrogens with zero attached hydrogens (tertiary/aromatic N) is 2. The van der Waals surface area contributed by atoms with Crippen molar-refractivity contribution < 1.29 is 13.5 Å². The van der Waals surface area contributed by atoms with Crippen LogP contribution in [-0.4, -0.2) is 42.5 Å². The smallest absolute Gasteiger partial charge is 0.244 e. The Morgan fingerprint density at radius 3 is 2.80 bits per heavy atom. The van der Waals surface area contributed by atoms with Crippen molar-refractivity contribution in [3.8, 4) is 11.8 Å². The third kappa shape index (κ3) is 3.57. The van der Waals surface area contributed by atoms with Crippen molar-refractivity contribution in [2.24, 2.45) is 5.92 Å². The quantitative estimate of drug-likeness (QED) is 0.817. The van der Waals surface area contributed by atoms with Crippen LogP contribution in [0.3, 0.4) is 0 Å². The Morgan fingerprint density at radius 1 is 1.45 bits per heavy atom. The molecule has 0 atom stereocenters. The number of hydrogen-bond donors (Lipinski definition) is 1. The van der Waals surface area contributed by atoms with Gasteiger partial charge in [-0.2, -0.15) is 4.31 Å². The lowest BCUT2D eigenvalue weighted by Crippen LogP contribution is -2.32. The summed E-state index contributed by atoms with van der Waals surface area (Å²) in [5.74, 6) is 5.65. The van der Waals surface area contributed by atoms with Gasteiger partial charge in [0.15, 0.2) is 0 Å². The molecule has 1 aromatic heterocycles. The van der Waals surface area contributed by atoms with E-state index in [1.165, 1.54) is 22.8 Å². The van der Waals surface area contributed by atoms with Crippen LogP contribution in [0.25, 0.3) is 0 Å². The Kier molecular flexibility index (Phi) is 4.76. The molecule has 0 aromatic carbocycles. The molecule has 1 saturated carbocycles. The molecule has 1 aliphatic carbocycles.